The van der Waals surface area contributed by atoms with Gasteiger partial charge in [-0.2, -0.15) is 0 Å². The fraction of sp³-hybridized carbons (Fsp3) is 0.500. The molecule has 0 saturated carbocycles. The average Bonchev–Trinajstić information content (AvgIpc) is 3.05. The number of para-hydroxylation sites is 2. The molecule has 6 nitrogen and oxygen atoms in total. The van der Waals surface area contributed by atoms with Crippen molar-refractivity contribution in [2.24, 2.45) is 18.9 Å². The Hall–Kier alpha value is -2.37. The van der Waals surface area contributed by atoms with Crippen molar-refractivity contribution < 1.29 is 9.59 Å². The summed E-state index contributed by atoms with van der Waals surface area (Å²) >= 11 is 0. The van der Waals surface area contributed by atoms with E-state index in [0.29, 0.717) is 6.54 Å². The minimum absolute atomic E-state index is 0.0268. The van der Waals surface area contributed by atoms with E-state index in [4.69, 9.17) is 4.98 Å². The van der Waals surface area contributed by atoms with Gasteiger partial charge in [0.05, 0.1) is 23.0 Å². The molecule has 0 aliphatic carbocycles. The Balaban J connectivity index is 1.86. The van der Waals surface area contributed by atoms with Crippen LogP contribution in [0.5, 0.6) is 0 Å². The molecule has 6 heteroatoms. The van der Waals surface area contributed by atoms with Crippen LogP contribution in [-0.4, -0.2) is 39.9 Å². The van der Waals surface area contributed by atoms with Crippen molar-refractivity contribution in [2.75, 3.05) is 13.6 Å². The van der Waals surface area contributed by atoms with E-state index >= 15 is 0 Å². The van der Waals surface area contributed by atoms with E-state index in [9.17, 15) is 9.59 Å². The number of nitrogens with one attached hydrogen (secondary N) is 1. The number of benzene rings is 1. The van der Waals surface area contributed by atoms with E-state index in [-0.39, 0.29) is 36.1 Å². The molecule has 1 saturated heterocycles. The van der Waals surface area contributed by atoms with Gasteiger partial charge in [-0.05, 0) is 18.1 Å². The highest BCUT2D eigenvalue weighted by molar-refractivity contribution is 5.89. The van der Waals surface area contributed by atoms with Gasteiger partial charge in [-0.25, -0.2) is 4.98 Å². The van der Waals surface area contributed by atoms with Gasteiger partial charge in [-0.1, -0.05) is 26.0 Å². The van der Waals surface area contributed by atoms with Crippen LogP contribution in [0.15, 0.2) is 24.3 Å². The molecular weight excluding hydrogens is 304 g/mol. The Bertz CT molecular complexity index is 780. The first-order valence-corrected chi connectivity index (χ1v) is 8.34. The molecule has 1 aromatic heterocycles. The summed E-state index contributed by atoms with van der Waals surface area (Å²) in [6.45, 7) is 4.62. The van der Waals surface area contributed by atoms with E-state index in [0.717, 1.165) is 16.9 Å². The van der Waals surface area contributed by atoms with Crippen molar-refractivity contribution in [3.8, 4) is 0 Å². The van der Waals surface area contributed by atoms with Crippen molar-refractivity contribution in [3.05, 3.63) is 30.1 Å². The second-order valence-corrected chi connectivity index (χ2v) is 6.92. The molecule has 1 fully saturated rings. The smallest absolute Gasteiger partial charge is 0.226 e. The van der Waals surface area contributed by atoms with Crippen LogP contribution in [-0.2, 0) is 16.6 Å². The quantitative estimate of drug-likeness (QED) is 0.931. The van der Waals surface area contributed by atoms with E-state index in [1.807, 2.05) is 35.9 Å². The number of rotatable bonds is 4. The third-order valence-electron chi connectivity index (χ3n) is 4.78. The number of nitrogens with zero attached hydrogens (tertiary/aromatic N) is 3. The summed E-state index contributed by atoms with van der Waals surface area (Å²) in [5.41, 5.74) is 1.97. The number of hydrogen-bond acceptors (Lipinski definition) is 3. The maximum atomic E-state index is 12.6. The van der Waals surface area contributed by atoms with Gasteiger partial charge in [0.1, 0.15) is 5.82 Å². The summed E-state index contributed by atoms with van der Waals surface area (Å²) < 4.78 is 2.03. The number of carbonyl (C=O) groups is 2. The summed E-state index contributed by atoms with van der Waals surface area (Å²) in [6.07, 6.45) is 0.287. The summed E-state index contributed by atoms with van der Waals surface area (Å²) in [5.74, 6) is 0.715. The van der Waals surface area contributed by atoms with Gasteiger partial charge in [0.25, 0.3) is 0 Å². The molecule has 1 N–H and O–H groups in total. The summed E-state index contributed by atoms with van der Waals surface area (Å²) in [6, 6.07) is 7.76. The standard InChI is InChI=1S/C18H24N4O2/c1-11(2)16(20-18(24)12-9-15(23)21(3)10-12)17-19-13-7-5-6-8-14(13)22(17)4/h5-8,11-12,16H,9-10H2,1-4H3,(H,20,24)/t12?,16-/m1/s1. The first-order chi connectivity index (χ1) is 11.4. The largest absolute Gasteiger partial charge is 0.346 e. The van der Waals surface area contributed by atoms with E-state index in [2.05, 4.69) is 19.2 Å². The monoisotopic (exact) mass is 328 g/mol. The normalized spacial score (nSPS) is 19.3. The minimum atomic E-state index is -0.279. The maximum absolute atomic E-state index is 12.6. The molecule has 1 aliphatic rings. The third-order valence-corrected chi connectivity index (χ3v) is 4.78. The van der Waals surface area contributed by atoms with Crippen molar-refractivity contribution in [3.63, 3.8) is 0 Å². The molecule has 0 bridgehead atoms. The van der Waals surface area contributed by atoms with Crippen LogP contribution in [0, 0.1) is 11.8 Å². The Morgan fingerprint density at radius 1 is 1.29 bits per heavy atom. The number of fused-ring (bicyclic) bond motifs is 1. The fourth-order valence-electron chi connectivity index (χ4n) is 3.28. The van der Waals surface area contributed by atoms with Gasteiger partial charge in [-0.15, -0.1) is 0 Å². The van der Waals surface area contributed by atoms with Gasteiger partial charge >= 0.3 is 0 Å². The second-order valence-electron chi connectivity index (χ2n) is 6.92. The molecule has 2 amide bonds. The number of imidazole rings is 1. The lowest BCUT2D eigenvalue weighted by Gasteiger charge is -2.23. The molecule has 2 aromatic rings. The molecule has 0 radical (unpaired) electrons. The zero-order chi connectivity index (χ0) is 17.4. The second kappa shape index (κ2) is 6.26. The Labute approximate surface area is 141 Å². The lowest BCUT2D eigenvalue weighted by molar-refractivity contribution is -0.128. The molecule has 0 spiro atoms. The Kier molecular flexibility index (Phi) is 4.30. The van der Waals surface area contributed by atoms with Gasteiger partial charge in [0.15, 0.2) is 0 Å². The molecule has 2 heterocycles. The predicted octanol–water partition coefficient (Wildman–Crippen LogP) is 1.86. The minimum Gasteiger partial charge on any atom is -0.346 e. The average molecular weight is 328 g/mol. The number of aromatic nitrogens is 2. The molecule has 2 atom stereocenters. The highest BCUT2D eigenvalue weighted by Gasteiger charge is 2.34. The van der Waals surface area contributed by atoms with Gasteiger partial charge in [0, 0.05) is 27.1 Å². The first kappa shape index (κ1) is 16.5. The van der Waals surface area contributed by atoms with Crippen molar-refractivity contribution in [1.29, 1.82) is 0 Å². The molecule has 1 aliphatic heterocycles. The topological polar surface area (TPSA) is 67.2 Å². The fourth-order valence-corrected chi connectivity index (χ4v) is 3.28. The molecule has 3 rings (SSSR count). The molecular formula is C18H24N4O2. The molecule has 24 heavy (non-hydrogen) atoms. The van der Waals surface area contributed by atoms with Crippen molar-refractivity contribution >= 4 is 22.8 Å². The molecule has 1 aromatic carbocycles. The van der Waals surface area contributed by atoms with Gasteiger partial charge < -0.3 is 14.8 Å². The van der Waals surface area contributed by atoms with Crippen LogP contribution in [0.3, 0.4) is 0 Å². The van der Waals surface area contributed by atoms with E-state index in [1.165, 1.54) is 0 Å². The SMILES string of the molecule is CC(C)[C@@H](NC(=O)C1CC(=O)N(C)C1)c1nc2ccccc2n1C. The van der Waals surface area contributed by atoms with Crippen LogP contribution in [0.4, 0.5) is 0 Å². The van der Waals surface area contributed by atoms with Crippen LogP contribution in [0.25, 0.3) is 11.0 Å². The van der Waals surface area contributed by atoms with Crippen molar-refractivity contribution in [2.45, 2.75) is 26.3 Å². The highest BCUT2D eigenvalue weighted by Crippen LogP contribution is 2.26. The molecule has 1 unspecified atom stereocenters. The highest BCUT2D eigenvalue weighted by atomic mass is 16.2. The number of amides is 2. The molecule has 128 valence electrons. The first-order valence-electron chi connectivity index (χ1n) is 8.34. The van der Waals surface area contributed by atoms with Crippen LogP contribution in [0.1, 0.15) is 32.1 Å². The Morgan fingerprint density at radius 2 is 2.00 bits per heavy atom. The zero-order valence-corrected chi connectivity index (χ0v) is 14.6. The summed E-state index contributed by atoms with van der Waals surface area (Å²) in [5, 5.41) is 3.12. The van der Waals surface area contributed by atoms with Crippen LogP contribution >= 0.6 is 0 Å². The lowest BCUT2D eigenvalue weighted by Crippen LogP contribution is -2.38. The number of hydrogen-bond donors (Lipinski definition) is 1. The number of likely N-dealkylation sites (tertiary alicyclic amines) is 1. The maximum Gasteiger partial charge on any atom is 0.226 e. The lowest BCUT2D eigenvalue weighted by atomic mass is 10.0. The summed E-state index contributed by atoms with van der Waals surface area (Å²) in [7, 11) is 3.71. The number of carbonyl (C=O) groups excluding carboxylic acids is 2. The van der Waals surface area contributed by atoms with Gasteiger partial charge in [-0.3, -0.25) is 9.59 Å². The predicted molar refractivity (Wildman–Crippen MR) is 92.2 cm³/mol. The summed E-state index contributed by atoms with van der Waals surface area (Å²) in [4.78, 5) is 30.6. The van der Waals surface area contributed by atoms with Crippen LogP contribution in [0.2, 0.25) is 0 Å². The van der Waals surface area contributed by atoms with Crippen molar-refractivity contribution in [1.82, 2.24) is 19.8 Å². The third kappa shape index (κ3) is 2.88. The zero-order valence-electron chi connectivity index (χ0n) is 14.6. The van der Waals surface area contributed by atoms with E-state index < -0.39 is 0 Å². The Morgan fingerprint density at radius 3 is 2.58 bits per heavy atom. The number of aryl methyl sites for hydroxylation is 1. The van der Waals surface area contributed by atoms with E-state index in [1.54, 1.807) is 11.9 Å². The van der Waals surface area contributed by atoms with Crippen LogP contribution < -0.4 is 5.32 Å². The van der Waals surface area contributed by atoms with Gasteiger partial charge in [0.2, 0.25) is 11.8 Å².